The molecule has 1 saturated heterocycles. The summed E-state index contributed by atoms with van der Waals surface area (Å²) in [5.74, 6) is -1.35. The van der Waals surface area contributed by atoms with E-state index in [1.165, 1.54) is 11.8 Å². The highest BCUT2D eigenvalue weighted by atomic mass is 16.5. The molecule has 1 unspecified atom stereocenters. The number of benzene rings is 3. The van der Waals surface area contributed by atoms with Crippen molar-refractivity contribution in [1.82, 2.24) is 0 Å². The minimum atomic E-state index is -1.02. The molecule has 198 valence electrons. The molecule has 1 N–H and O–H groups in total. The highest BCUT2D eigenvalue weighted by Crippen LogP contribution is 2.43. The van der Waals surface area contributed by atoms with E-state index in [4.69, 9.17) is 9.47 Å². The van der Waals surface area contributed by atoms with Crippen molar-refractivity contribution in [3.63, 3.8) is 0 Å². The largest absolute Gasteiger partial charge is 0.507 e. The Morgan fingerprint density at radius 1 is 1.08 bits per heavy atom. The standard InChI is InChI=1S/C31H28N2O6/c1-18(2)17-38-26-13-10-23(14-19(26)3)29(35)27-28(22-6-5-7-25(15-22)39-20(4)34)33(31(37)30(27)36)24-11-8-21(16-32)9-12-24/h5-15,18,28,35H,17H2,1-4H3/b29-27+. The van der Waals surface area contributed by atoms with E-state index < -0.39 is 23.7 Å². The van der Waals surface area contributed by atoms with Gasteiger partial charge in [-0.15, -0.1) is 0 Å². The summed E-state index contributed by atoms with van der Waals surface area (Å²) in [6.45, 7) is 7.71. The first-order chi connectivity index (χ1) is 18.6. The summed E-state index contributed by atoms with van der Waals surface area (Å²) in [4.78, 5) is 39.7. The Bertz CT molecular complexity index is 1510. The van der Waals surface area contributed by atoms with Crippen molar-refractivity contribution in [2.24, 2.45) is 5.92 Å². The fourth-order valence-corrected chi connectivity index (χ4v) is 4.40. The molecule has 39 heavy (non-hydrogen) atoms. The van der Waals surface area contributed by atoms with E-state index in [2.05, 4.69) is 0 Å². The Hall–Kier alpha value is -4.90. The third-order valence-electron chi connectivity index (χ3n) is 6.17. The summed E-state index contributed by atoms with van der Waals surface area (Å²) in [7, 11) is 0. The van der Waals surface area contributed by atoms with E-state index >= 15 is 0 Å². The molecule has 1 aliphatic heterocycles. The van der Waals surface area contributed by atoms with Crippen LogP contribution < -0.4 is 14.4 Å². The molecular formula is C31H28N2O6. The molecule has 4 rings (SSSR count). The molecule has 1 atom stereocenters. The first kappa shape index (κ1) is 27.1. The van der Waals surface area contributed by atoms with Crippen LogP contribution in [-0.2, 0) is 14.4 Å². The fraction of sp³-hybridized carbons (Fsp3) is 0.226. The van der Waals surface area contributed by atoms with Crippen molar-refractivity contribution in [2.45, 2.75) is 33.7 Å². The number of anilines is 1. The summed E-state index contributed by atoms with van der Waals surface area (Å²) in [6, 6.07) is 18.7. The average Bonchev–Trinajstić information content (AvgIpc) is 3.17. The number of carbonyl (C=O) groups is 3. The van der Waals surface area contributed by atoms with Crippen LogP contribution in [0.3, 0.4) is 0 Å². The first-order valence-corrected chi connectivity index (χ1v) is 12.4. The summed E-state index contributed by atoms with van der Waals surface area (Å²) >= 11 is 0. The van der Waals surface area contributed by atoms with Gasteiger partial charge >= 0.3 is 5.97 Å². The zero-order valence-corrected chi connectivity index (χ0v) is 22.1. The second-order valence-corrected chi connectivity index (χ2v) is 9.68. The van der Waals surface area contributed by atoms with Gasteiger partial charge in [-0.25, -0.2) is 0 Å². The molecule has 0 bridgehead atoms. The third-order valence-corrected chi connectivity index (χ3v) is 6.17. The topological polar surface area (TPSA) is 117 Å². The number of aliphatic hydroxyl groups is 1. The maximum atomic E-state index is 13.4. The number of aliphatic hydroxyl groups excluding tert-OH is 1. The SMILES string of the molecule is CC(=O)Oc1cccc(C2/C(=C(\O)c3ccc(OCC(C)C)c(C)c3)C(=O)C(=O)N2c2ccc(C#N)cc2)c1. The Labute approximate surface area is 226 Å². The van der Waals surface area contributed by atoms with Gasteiger partial charge in [0.1, 0.15) is 17.3 Å². The highest BCUT2D eigenvalue weighted by molar-refractivity contribution is 6.51. The number of esters is 1. The predicted octanol–water partition coefficient (Wildman–Crippen LogP) is 5.45. The number of rotatable bonds is 7. The van der Waals surface area contributed by atoms with Crippen LogP contribution in [0.5, 0.6) is 11.5 Å². The Morgan fingerprint density at radius 3 is 2.41 bits per heavy atom. The van der Waals surface area contributed by atoms with Crippen molar-refractivity contribution >= 4 is 29.1 Å². The van der Waals surface area contributed by atoms with Gasteiger partial charge in [-0.3, -0.25) is 19.3 Å². The van der Waals surface area contributed by atoms with Crippen LogP contribution in [-0.4, -0.2) is 29.4 Å². The minimum absolute atomic E-state index is 0.111. The maximum absolute atomic E-state index is 13.4. The van der Waals surface area contributed by atoms with Crippen LogP contribution in [0, 0.1) is 24.2 Å². The summed E-state index contributed by atoms with van der Waals surface area (Å²) in [5, 5.41) is 20.6. The number of amides is 1. The van der Waals surface area contributed by atoms with Gasteiger partial charge in [0.25, 0.3) is 11.7 Å². The van der Waals surface area contributed by atoms with Crippen LogP contribution >= 0.6 is 0 Å². The monoisotopic (exact) mass is 524 g/mol. The lowest BCUT2D eigenvalue weighted by Crippen LogP contribution is -2.29. The number of hydrogen-bond donors (Lipinski definition) is 1. The molecule has 1 fully saturated rings. The molecule has 8 heteroatoms. The zero-order chi connectivity index (χ0) is 28.3. The van der Waals surface area contributed by atoms with Crippen molar-refractivity contribution < 1.29 is 29.0 Å². The number of aryl methyl sites for hydroxylation is 1. The minimum Gasteiger partial charge on any atom is -0.507 e. The van der Waals surface area contributed by atoms with Gasteiger partial charge in [-0.05, 0) is 78.6 Å². The molecule has 8 nitrogen and oxygen atoms in total. The fourth-order valence-electron chi connectivity index (χ4n) is 4.40. The van der Waals surface area contributed by atoms with E-state index in [-0.39, 0.29) is 17.1 Å². The number of ether oxygens (including phenoxy) is 2. The molecule has 1 amide bonds. The molecule has 0 radical (unpaired) electrons. The summed E-state index contributed by atoms with van der Waals surface area (Å²) in [5.41, 5.74) is 2.20. The third kappa shape index (κ3) is 5.68. The lowest BCUT2D eigenvalue weighted by atomic mass is 9.94. The van der Waals surface area contributed by atoms with Gasteiger partial charge in [0.2, 0.25) is 0 Å². The lowest BCUT2D eigenvalue weighted by molar-refractivity contribution is -0.132. The molecular weight excluding hydrogens is 496 g/mol. The summed E-state index contributed by atoms with van der Waals surface area (Å²) in [6.07, 6.45) is 0. The highest BCUT2D eigenvalue weighted by Gasteiger charge is 2.47. The second-order valence-electron chi connectivity index (χ2n) is 9.68. The average molecular weight is 525 g/mol. The Balaban J connectivity index is 1.87. The van der Waals surface area contributed by atoms with E-state index in [0.717, 1.165) is 5.56 Å². The number of ketones is 1. The number of nitrogens with zero attached hydrogens (tertiary/aromatic N) is 2. The quantitative estimate of drug-likeness (QED) is 0.144. The molecule has 1 heterocycles. The number of Topliss-reactive ketones (excluding diaryl/α,β-unsaturated/α-hetero) is 1. The van der Waals surface area contributed by atoms with Gasteiger partial charge in [0.15, 0.2) is 0 Å². The number of hydrogen-bond acceptors (Lipinski definition) is 7. The van der Waals surface area contributed by atoms with Crippen molar-refractivity contribution in [3.8, 4) is 17.6 Å². The molecule has 0 aliphatic carbocycles. The summed E-state index contributed by atoms with van der Waals surface area (Å²) < 4.78 is 11.1. The molecule has 3 aromatic carbocycles. The van der Waals surface area contributed by atoms with Crippen molar-refractivity contribution in [3.05, 3.63) is 94.6 Å². The number of nitriles is 1. The van der Waals surface area contributed by atoms with Gasteiger partial charge < -0.3 is 14.6 Å². The van der Waals surface area contributed by atoms with Gasteiger partial charge in [-0.2, -0.15) is 5.26 Å². The predicted molar refractivity (Wildman–Crippen MR) is 145 cm³/mol. The Kier molecular flexibility index (Phi) is 7.82. The van der Waals surface area contributed by atoms with E-state index in [1.54, 1.807) is 66.7 Å². The van der Waals surface area contributed by atoms with Crippen molar-refractivity contribution in [2.75, 3.05) is 11.5 Å². The lowest BCUT2D eigenvalue weighted by Gasteiger charge is -2.25. The van der Waals surface area contributed by atoms with Gasteiger partial charge in [-0.1, -0.05) is 26.0 Å². The van der Waals surface area contributed by atoms with Crippen LogP contribution in [0.1, 0.15) is 49.1 Å². The normalized spacial score (nSPS) is 16.3. The molecule has 0 spiro atoms. The van der Waals surface area contributed by atoms with Crippen LogP contribution in [0.2, 0.25) is 0 Å². The maximum Gasteiger partial charge on any atom is 0.308 e. The van der Waals surface area contributed by atoms with E-state index in [9.17, 15) is 24.8 Å². The number of carbonyl (C=O) groups excluding carboxylic acids is 3. The van der Waals surface area contributed by atoms with Crippen LogP contribution in [0.4, 0.5) is 5.69 Å². The van der Waals surface area contributed by atoms with E-state index in [0.29, 0.717) is 40.7 Å². The molecule has 3 aromatic rings. The van der Waals surface area contributed by atoms with Gasteiger partial charge in [0.05, 0.1) is 29.9 Å². The molecule has 0 saturated carbocycles. The first-order valence-electron chi connectivity index (χ1n) is 12.4. The smallest absolute Gasteiger partial charge is 0.308 e. The Morgan fingerprint density at radius 2 is 1.79 bits per heavy atom. The van der Waals surface area contributed by atoms with Crippen LogP contribution in [0.25, 0.3) is 5.76 Å². The van der Waals surface area contributed by atoms with Crippen molar-refractivity contribution in [1.29, 1.82) is 5.26 Å². The molecule has 1 aliphatic rings. The van der Waals surface area contributed by atoms with Gasteiger partial charge in [0, 0.05) is 18.2 Å². The second kappa shape index (κ2) is 11.2. The molecule has 0 aromatic heterocycles. The van der Waals surface area contributed by atoms with E-state index in [1.807, 2.05) is 26.8 Å². The van der Waals surface area contributed by atoms with Crippen LogP contribution in [0.15, 0.2) is 72.3 Å². The zero-order valence-electron chi connectivity index (χ0n) is 22.1.